The molecule has 1 aliphatic carbocycles. The van der Waals surface area contributed by atoms with Gasteiger partial charge in [-0.25, -0.2) is 9.18 Å². The highest BCUT2D eigenvalue weighted by molar-refractivity contribution is 5.68. The molecule has 1 N–H and O–H groups in total. The first-order chi connectivity index (χ1) is 12.4. The molecule has 5 heteroatoms. The van der Waals surface area contributed by atoms with Crippen molar-refractivity contribution in [3.63, 3.8) is 0 Å². The maximum Gasteiger partial charge on any atom is 0.329 e. The van der Waals surface area contributed by atoms with Crippen LogP contribution in [0, 0.1) is 5.82 Å². The Morgan fingerprint density at radius 2 is 1.85 bits per heavy atom. The number of halogens is 1. The largest absolute Gasteiger partial charge is 0.491 e. The molecular weight excluding hydrogens is 335 g/mol. The zero-order chi connectivity index (χ0) is 18.7. The van der Waals surface area contributed by atoms with Crippen molar-refractivity contribution in [1.29, 1.82) is 0 Å². The average molecular weight is 358 g/mol. The molecule has 0 heterocycles. The Bertz CT molecular complexity index is 764. The van der Waals surface area contributed by atoms with Gasteiger partial charge in [0.15, 0.2) is 0 Å². The maximum atomic E-state index is 13.9. The molecule has 138 valence electrons. The predicted molar refractivity (Wildman–Crippen MR) is 97.0 cm³/mol. The number of carbonyl (C=O) groups is 1. The molecule has 0 amide bonds. The highest BCUT2D eigenvalue weighted by Gasteiger charge is 2.31. The fraction of sp³-hybridized carbons (Fsp3) is 0.381. The summed E-state index contributed by atoms with van der Waals surface area (Å²) in [4.78, 5) is 10.5. The van der Waals surface area contributed by atoms with Crippen molar-refractivity contribution >= 4 is 5.97 Å². The van der Waals surface area contributed by atoms with Gasteiger partial charge in [0.1, 0.15) is 18.2 Å². The third-order valence-corrected chi connectivity index (χ3v) is 4.50. The lowest BCUT2D eigenvalue weighted by Gasteiger charge is -2.35. The summed E-state index contributed by atoms with van der Waals surface area (Å²) >= 11 is 0. The van der Waals surface area contributed by atoms with Crippen LogP contribution in [0.2, 0.25) is 0 Å². The quantitative estimate of drug-likeness (QED) is 0.784. The van der Waals surface area contributed by atoms with Crippen LogP contribution in [0.4, 0.5) is 4.39 Å². The van der Waals surface area contributed by atoms with Gasteiger partial charge in [0.05, 0.1) is 12.2 Å². The van der Waals surface area contributed by atoms with Crippen molar-refractivity contribution in [2.45, 2.75) is 44.8 Å². The number of hydrogen-bond donors (Lipinski definition) is 1. The second-order valence-corrected chi connectivity index (χ2v) is 6.96. The lowest BCUT2D eigenvalue weighted by Crippen LogP contribution is -2.31. The molecule has 26 heavy (non-hydrogen) atoms. The van der Waals surface area contributed by atoms with Crippen LogP contribution in [0.1, 0.15) is 38.2 Å². The van der Waals surface area contributed by atoms with Gasteiger partial charge in [0.2, 0.25) is 0 Å². The van der Waals surface area contributed by atoms with Gasteiger partial charge in [-0.15, -0.1) is 0 Å². The van der Waals surface area contributed by atoms with E-state index >= 15 is 0 Å². The second kappa shape index (κ2) is 7.87. The highest BCUT2D eigenvalue weighted by atomic mass is 19.1. The number of benzene rings is 2. The molecule has 3 rings (SSSR count). The van der Waals surface area contributed by atoms with Gasteiger partial charge in [-0.05, 0) is 61.4 Å². The van der Waals surface area contributed by atoms with Crippen LogP contribution in [0.5, 0.6) is 5.75 Å². The van der Waals surface area contributed by atoms with Crippen molar-refractivity contribution in [3.05, 3.63) is 53.8 Å². The van der Waals surface area contributed by atoms with E-state index in [2.05, 4.69) is 0 Å². The molecule has 0 bridgehead atoms. The van der Waals surface area contributed by atoms with Gasteiger partial charge in [0.25, 0.3) is 0 Å². The van der Waals surface area contributed by atoms with Crippen LogP contribution in [0.3, 0.4) is 0 Å². The summed E-state index contributed by atoms with van der Waals surface area (Å²) in [6.07, 6.45) is 1.68. The molecule has 1 fully saturated rings. The van der Waals surface area contributed by atoms with E-state index in [1.165, 1.54) is 17.7 Å². The molecule has 1 saturated carbocycles. The van der Waals surface area contributed by atoms with Crippen LogP contribution in [0.25, 0.3) is 11.1 Å². The molecular formula is C21H23FO4. The fourth-order valence-corrected chi connectivity index (χ4v) is 3.18. The SMILES string of the molecule is CC(C)Oc1cc(F)cc(-c2ccc([C@H]3C[C@@H](OCC(=O)O)C3)cc2)c1. The highest BCUT2D eigenvalue weighted by Crippen LogP contribution is 2.39. The molecule has 0 unspecified atom stereocenters. The molecule has 0 aliphatic heterocycles. The van der Waals surface area contributed by atoms with Crippen molar-refractivity contribution in [1.82, 2.24) is 0 Å². The summed E-state index contributed by atoms with van der Waals surface area (Å²) in [5.41, 5.74) is 2.90. The van der Waals surface area contributed by atoms with E-state index in [1.807, 2.05) is 44.2 Å². The van der Waals surface area contributed by atoms with E-state index in [4.69, 9.17) is 14.6 Å². The zero-order valence-electron chi connectivity index (χ0n) is 14.9. The second-order valence-electron chi connectivity index (χ2n) is 6.96. The molecule has 0 radical (unpaired) electrons. The number of rotatable bonds is 7. The first-order valence-electron chi connectivity index (χ1n) is 8.81. The van der Waals surface area contributed by atoms with Gasteiger partial charge in [-0.3, -0.25) is 0 Å². The predicted octanol–water partition coefficient (Wildman–Crippen LogP) is 4.63. The lowest BCUT2D eigenvalue weighted by molar-refractivity contribution is -0.146. The van der Waals surface area contributed by atoms with Crippen LogP contribution in [-0.4, -0.2) is 29.9 Å². The summed E-state index contributed by atoms with van der Waals surface area (Å²) < 4.78 is 24.8. The first kappa shape index (κ1) is 18.4. The number of carboxylic acids is 1. The number of ether oxygens (including phenoxy) is 2. The summed E-state index contributed by atoms with van der Waals surface area (Å²) in [7, 11) is 0. The van der Waals surface area contributed by atoms with Crippen LogP contribution in [-0.2, 0) is 9.53 Å². The molecule has 2 aromatic rings. The Hall–Kier alpha value is -2.40. The Morgan fingerprint density at radius 3 is 2.46 bits per heavy atom. The van der Waals surface area contributed by atoms with Crippen molar-refractivity contribution < 1.29 is 23.8 Å². The van der Waals surface area contributed by atoms with Gasteiger partial charge in [-0.1, -0.05) is 24.3 Å². The first-order valence-corrected chi connectivity index (χ1v) is 8.81. The molecule has 2 aromatic carbocycles. The molecule has 1 aliphatic rings. The van der Waals surface area contributed by atoms with E-state index in [0.717, 1.165) is 24.0 Å². The van der Waals surface area contributed by atoms with Crippen LogP contribution >= 0.6 is 0 Å². The molecule has 0 atom stereocenters. The van der Waals surface area contributed by atoms with Crippen LogP contribution in [0.15, 0.2) is 42.5 Å². The standard InChI is InChI=1S/C21H23FO4/c1-13(2)26-20-10-16(7-18(22)11-20)14-3-5-15(6-4-14)17-8-19(9-17)25-12-21(23)24/h3-7,10-11,13,17,19H,8-9,12H2,1-2H3,(H,23,24)/t17-,19+. The van der Waals surface area contributed by atoms with E-state index < -0.39 is 5.97 Å². The monoisotopic (exact) mass is 358 g/mol. The molecule has 0 aromatic heterocycles. The zero-order valence-corrected chi connectivity index (χ0v) is 14.9. The van der Waals surface area contributed by atoms with Crippen molar-refractivity contribution in [2.75, 3.05) is 6.61 Å². The third-order valence-electron chi connectivity index (χ3n) is 4.50. The summed E-state index contributed by atoms with van der Waals surface area (Å²) in [6, 6.07) is 12.8. The molecule has 0 saturated heterocycles. The Labute approximate surface area is 152 Å². The Morgan fingerprint density at radius 1 is 1.15 bits per heavy atom. The average Bonchev–Trinajstić information content (AvgIpc) is 2.52. The fourth-order valence-electron chi connectivity index (χ4n) is 3.18. The molecule has 4 nitrogen and oxygen atoms in total. The van der Waals surface area contributed by atoms with Crippen LogP contribution < -0.4 is 4.74 Å². The minimum atomic E-state index is -0.936. The minimum Gasteiger partial charge on any atom is -0.491 e. The minimum absolute atomic E-state index is 0.0121. The summed E-state index contributed by atoms with van der Waals surface area (Å²) in [5.74, 6) is -0.347. The Balaban J connectivity index is 1.65. The summed E-state index contributed by atoms with van der Waals surface area (Å²) in [6.45, 7) is 3.58. The third kappa shape index (κ3) is 4.61. The Kier molecular flexibility index (Phi) is 5.57. The van der Waals surface area contributed by atoms with Crippen molar-refractivity contribution in [2.24, 2.45) is 0 Å². The topological polar surface area (TPSA) is 55.8 Å². The number of carboxylic acid groups (broad SMARTS) is 1. The van der Waals surface area contributed by atoms with E-state index in [0.29, 0.717) is 11.7 Å². The van der Waals surface area contributed by atoms with Crippen molar-refractivity contribution in [3.8, 4) is 16.9 Å². The van der Waals surface area contributed by atoms with Gasteiger partial charge in [-0.2, -0.15) is 0 Å². The smallest absolute Gasteiger partial charge is 0.329 e. The lowest BCUT2D eigenvalue weighted by atomic mass is 9.77. The number of aliphatic carboxylic acids is 1. The van der Waals surface area contributed by atoms with E-state index in [1.54, 1.807) is 0 Å². The van der Waals surface area contributed by atoms with Gasteiger partial charge >= 0.3 is 5.97 Å². The van der Waals surface area contributed by atoms with E-state index in [9.17, 15) is 9.18 Å². The number of hydrogen-bond acceptors (Lipinski definition) is 3. The maximum absolute atomic E-state index is 13.9. The van der Waals surface area contributed by atoms with Gasteiger partial charge in [0, 0.05) is 6.07 Å². The molecule has 0 spiro atoms. The summed E-state index contributed by atoms with van der Waals surface area (Å²) in [5, 5.41) is 8.63. The van der Waals surface area contributed by atoms with Gasteiger partial charge < -0.3 is 14.6 Å². The normalized spacial score (nSPS) is 19.2. The van der Waals surface area contributed by atoms with E-state index in [-0.39, 0.29) is 24.6 Å².